The molecule has 0 aromatic rings. The molecule has 22 heavy (non-hydrogen) atoms. The fourth-order valence-electron chi connectivity index (χ4n) is 2.09. The van der Waals surface area contributed by atoms with Crippen molar-refractivity contribution in [2.24, 2.45) is 0 Å². The van der Waals surface area contributed by atoms with E-state index in [1.54, 1.807) is 0 Å². The van der Waals surface area contributed by atoms with Crippen LogP contribution in [0, 0.1) is 0 Å². The van der Waals surface area contributed by atoms with E-state index in [-0.39, 0.29) is 6.42 Å². The summed E-state index contributed by atoms with van der Waals surface area (Å²) in [5, 5.41) is 17.5. The third-order valence-corrected chi connectivity index (χ3v) is 5.62. The SMILES string of the molecule is [B][C@@H]1O[C@H](CC(F)(CC)OP(=O)(O)C(C)(C)O)[C@@H](O)[C@H]1OC. The Morgan fingerprint density at radius 1 is 1.45 bits per heavy atom. The second kappa shape index (κ2) is 6.85. The standard InChI is InChI=1S/C12H23BFO7P/c1-5-12(14,21-22(17,18)11(2,3)16)6-7-8(15)9(19-4)10(13)20-7/h7-10,15-16H,5-6H2,1-4H3,(H,17,18)/t7-,8-,9-,10-,12?/m1/s1. The summed E-state index contributed by atoms with van der Waals surface area (Å²) in [6.45, 7) is 3.49. The van der Waals surface area contributed by atoms with E-state index in [1.165, 1.54) is 14.0 Å². The molecule has 1 rings (SSSR count). The number of halogens is 1. The van der Waals surface area contributed by atoms with E-state index in [0.717, 1.165) is 13.8 Å². The van der Waals surface area contributed by atoms with Gasteiger partial charge in [-0.25, -0.2) is 4.39 Å². The molecule has 0 bridgehead atoms. The van der Waals surface area contributed by atoms with E-state index in [0.29, 0.717) is 0 Å². The molecule has 1 heterocycles. The van der Waals surface area contributed by atoms with Crippen molar-refractivity contribution in [1.29, 1.82) is 0 Å². The number of methoxy groups -OCH3 is 1. The van der Waals surface area contributed by atoms with Crippen molar-refractivity contribution in [3.05, 3.63) is 0 Å². The minimum absolute atomic E-state index is 0.285. The highest BCUT2D eigenvalue weighted by Crippen LogP contribution is 2.57. The van der Waals surface area contributed by atoms with Crippen molar-refractivity contribution in [2.45, 2.75) is 69.1 Å². The summed E-state index contributed by atoms with van der Waals surface area (Å²) >= 11 is 0. The Balaban J connectivity index is 2.86. The van der Waals surface area contributed by atoms with Crippen LogP contribution in [0.4, 0.5) is 4.39 Å². The van der Waals surface area contributed by atoms with Crippen molar-refractivity contribution in [1.82, 2.24) is 0 Å². The maximum atomic E-state index is 14.8. The Hall–Kier alpha value is -0.0151. The molecule has 0 aliphatic carbocycles. The second-order valence-corrected chi connectivity index (χ2v) is 8.19. The average molecular weight is 340 g/mol. The molecule has 2 unspecified atom stereocenters. The molecule has 2 radical (unpaired) electrons. The number of aliphatic hydroxyl groups is 2. The lowest BCUT2D eigenvalue weighted by atomic mass is 9.92. The Morgan fingerprint density at radius 2 is 2.00 bits per heavy atom. The molecule has 1 fully saturated rings. The zero-order chi connectivity index (χ0) is 17.3. The molecule has 0 spiro atoms. The van der Waals surface area contributed by atoms with E-state index < -0.39 is 49.5 Å². The van der Waals surface area contributed by atoms with Gasteiger partial charge in [-0.15, -0.1) is 0 Å². The molecular formula is C12H23BFO7P. The van der Waals surface area contributed by atoms with Crippen LogP contribution in [0.15, 0.2) is 0 Å². The van der Waals surface area contributed by atoms with Gasteiger partial charge in [0.05, 0.1) is 6.10 Å². The topological polar surface area (TPSA) is 105 Å². The first-order valence-corrected chi connectivity index (χ1v) is 8.51. The summed E-state index contributed by atoms with van der Waals surface area (Å²) in [5.74, 6) is -2.57. The van der Waals surface area contributed by atoms with Gasteiger partial charge in [0.1, 0.15) is 20.1 Å². The van der Waals surface area contributed by atoms with Crippen LogP contribution < -0.4 is 0 Å². The van der Waals surface area contributed by atoms with Gasteiger partial charge >= 0.3 is 7.60 Å². The number of hydrogen-bond donors (Lipinski definition) is 3. The molecule has 7 nitrogen and oxygen atoms in total. The van der Waals surface area contributed by atoms with Gasteiger partial charge in [0.25, 0.3) is 0 Å². The quantitative estimate of drug-likeness (QED) is 0.462. The summed E-state index contributed by atoms with van der Waals surface area (Å²) in [6.07, 6.45) is -3.91. The first-order valence-electron chi connectivity index (χ1n) is 6.93. The molecule has 6 atom stereocenters. The third-order valence-electron chi connectivity index (χ3n) is 3.66. The van der Waals surface area contributed by atoms with E-state index in [1.807, 2.05) is 0 Å². The second-order valence-electron chi connectivity index (χ2n) is 5.88. The highest BCUT2D eigenvalue weighted by Gasteiger charge is 2.50. The molecule has 1 aliphatic rings. The third kappa shape index (κ3) is 4.29. The lowest BCUT2D eigenvalue weighted by Gasteiger charge is -2.33. The maximum absolute atomic E-state index is 14.8. The summed E-state index contributed by atoms with van der Waals surface area (Å²) in [4.78, 5) is 9.70. The molecule has 10 heteroatoms. The lowest BCUT2D eigenvalue weighted by molar-refractivity contribution is -0.124. The summed E-state index contributed by atoms with van der Waals surface area (Å²) in [6, 6.07) is -0.943. The van der Waals surface area contributed by atoms with Crippen LogP contribution in [0.1, 0.15) is 33.6 Å². The van der Waals surface area contributed by atoms with Crippen LogP contribution in [0.5, 0.6) is 0 Å². The zero-order valence-corrected chi connectivity index (χ0v) is 14.0. The molecular weight excluding hydrogens is 317 g/mol. The molecule has 0 aromatic carbocycles. The smallest absolute Gasteiger partial charge is 0.361 e. The zero-order valence-electron chi connectivity index (χ0n) is 13.1. The normalized spacial score (nSPS) is 35.1. The average Bonchev–Trinajstić information content (AvgIpc) is 2.61. The van der Waals surface area contributed by atoms with Crippen molar-refractivity contribution in [2.75, 3.05) is 7.11 Å². The summed E-state index contributed by atoms with van der Waals surface area (Å²) < 4.78 is 41.6. The summed E-state index contributed by atoms with van der Waals surface area (Å²) in [5.41, 5.74) is 0. The van der Waals surface area contributed by atoms with Gasteiger partial charge in [0, 0.05) is 26.0 Å². The van der Waals surface area contributed by atoms with Crippen molar-refractivity contribution in [3.8, 4) is 0 Å². The largest absolute Gasteiger partial charge is 0.388 e. The molecule has 0 aromatic heterocycles. The van der Waals surface area contributed by atoms with Gasteiger partial charge in [0.15, 0.2) is 5.34 Å². The highest BCUT2D eigenvalue weighted by molar-refractivity contribution is 7.54. The molecule has 3 N–H and O–H groups in total. The predicted octanol–water partition coefficient (Wildman–Crippen LogP) is 0.652. The van der Waals surface area contributed by atoms with E-state index >= 15 is 0 Å². The van der Waals surface area contributed by atoms with Crippen molar-refractivity contribution in [3.63, 3.8) is 0 Å². The minimum atomic E-state index is -4.65. The van der Waals surface area contributed by atoms with E-state index in [4.69, 9.17) is 17.3 Å². The van der Waals surface area contributed by atoms with E-state index in [9.17, 15) is 24.1 Å². The van der Waals surface area contributed by atoms with Crippen LogP contribution in [0.2, 0.25) is 0 Å². The van der Waals surface area contributed by atoms with Crippen molar-refractivity contribution < 1.29 is 38.1 Å². The van der Waals surface area contributed by atoms with Crippen LogP contribution in [0.25, 0.3) is 0 Å². The number of rotatable bonds is 7. The molecule has 1 saturated heterocycles. The minimum Gasteiger partial charge on any atom is -0.388 e. The fraction of sp³-hybridized carbons (Fsp3) is 1.00. The van der Waals surface area contributed by atoms with Crippen molar-refractivity contribution >= 4 is 15.4 Å². The fourth-order valence-corrected chi connectivity index (χ4v) is 2.96. The molecule has 0 amide bonds. The predicted molar refractivity (Wildman–Crippen MR) is 77.2 cm³/mol. The first kappa shape index (κ1) is 20.0. The van der Waals surface area contributed by atoms with Crippen LogP contribution in [-0.2, 0) is 18.6 Å². The molecule has 128 valence electrons. The van der Waals surface area contributed by atoms with E-state index in [2.05, 4.69) is 4.52 Å². The Labute approximate surface area is 130 Å². The Morgan fingerprint density at radius 3 is 2.36 bits per heavy atom. The van der Waals surface area contributed by atoms with Gasteiger partial charge in [-0.2, -0.15) is 0 Å². The number of alkyl halides is 1. The van der Waals surface area contributed by atoms with Gasteiger partial charge in [-0.05, 0) is 13.8 Å². The molecule has 0 saturated carbocycles. The molecule has 1 aliphatic heterocycles. The van der Waals surface area contributed by atoms with Gasteiger partial charge in [-0.1, -0.05) is 6.92 Å². The maximum Gasteiger partial charge on any atom is 0.361 e. The van der Waals surface area contributed by atoms with Gasteiger partial charge in [-0.3, -0.25) is 9.09 Å². The monoisotopic (exact) mass is 340 g/mol. The Kier molecular flexibility index (Phi) is 6.23. The van der Waals surface area contributed by atoms with Gasteiger partial charge in [0.2, 0.25) is 5.85 Å². The first-order chi connectivity index (χ1) is 9.87. The van der Waals surface area contributed by atoms with Gasteiger partial charge < -0.3 is 24.6 Å². The number of aliphatic hydroxyl groups excluding tert-OH is 1. The van der Waals surface area contributed by atoms with Crippen LogP contribution >= 0.6 is 7.60 Å². The highest BCUT2D eigenvalue weighted by atomic mass is 31.2. The Bertz CT molecular complexity index is 432. The van der Waals surface area contributed by atoms with Crippen LogP contribution in [-0.4, -0.2) is 65.6 Å². The summed E-state index contributed by atoms with van der Waals surface area (Å²) in [7, 11) is 2.29. The number of hydrogen-bond acceptors (Lipinski definition) is 6. The van der Waals surface area contributed by atoms with Crippen LogP contribution in [0.3, 0.4) is 0 Å². The lowest BCUT2D eigenvalue weighted by Crippen LogP contribution is -2.39. The number of ether oxygens (including phenoxy) is 2.